The van der Waals surface area contributed by atoms with E-state index in [1.165, 1.54) is 21.7 Å². The second kappa shape index (κ2) is 7.46. The maximum Gasteiger partial charge on any atom is 0.323 e. The molecular weight excluding hydrogens is 356 g/mol. The van der Waals surface area contributed by atoms with Crippen molar-refractivity contribution >= 4 is 11.9 Å². The molecule has 0 radical (unpaired) electrons. The molecule has 144 valence electrons. The summed E-state index contributed by atoms with van der Waals surface area (Å²) < 4.78 is 29.2. The zero-order valence-corrected chi connectivity index (χ0v) is 15.2. The molecule has 0 aliphatic heterocycles. The van der Waals surface area contributed by atoms with Crippen molar-refractivity contribution in [3.05, 3.63) is 46.8 Å². The predicted molar refractivity (Wildman–Crippen MR) is 93.9 cm³/mol. The van der Waals surface area contributed by atoms with Crippen LogP contribution >= 0.6 is 0 Å². The van der Waals surface area contributed by atoms with Gasteiger partial charge < -0.3 is 10.0 Å². The zero-order valence-electron chi connectivity index (χ0n) is 15.2. The van der Waals surface area contributed by atoms with Crippen LogP contribution in [-0.4, -0.2) is 44.3 Å². The molecule has 0 spiro atoms. The highest BCUT2D eigenvalue weighted by Gasteiger charge is 2.32. The zero-order chi connectivity index (χ0) is 19.7. The van der Waals surface area contributed by atoms with Crippen LogP contribution in [0.2, 0.25) is 0 Å². The normalized spacial score (nSPS) is 14.1. The Kier molecular flexibility index (Phi) is 5.25. The van der Waals surface area contributed by atoms with E-state index in [1.807, 2.05) is 6.92 Å². The molecule has 2 aromatic rings. The van der Waals surface area contributed by atoms with E-state index < -0.39 is 30.1 Å². The first-order valence-corrected chi connectivity index (χ1v) is 8.93. The van der Waals surface area contributed by atoms with Crippen molar-refractivity contribution in [1.29, 1.82) is 0 Å². The lowest BCUT2D eigenvalue weighted by Crippen LogP contribution is -2.42. The smallest absolute Gasteiger partial charge is 0.323 e. The minimum absolute atomic E-state index is 0.0551. The van der Waals surface area contributed by atoms with Crippen LogP contribution in [0.5, 0.6) is 0 Å². The van der Waals surface area contributed by atoms with Gasteiger partial charge in [0, 0.05) is 17.3 Å². The maximum absolute atomic E-state index is 14.3. The predicted octanol–water partition coefficient (Wildman–Crippen LogP) is 2.96. The number of amides is 1. The van der Waals surface area contributed by atoms with Gasteiger partial charge in [-0.3, -0.25) is 9.59 Å². The van der Waals surface area contributed by atoms with Gasteiger partial charge in [0.2, 0.25) is 0 Å². The Morgan fingerprint density at radius 1 is 1.33 bits per heavy atom. The Balaban J connectivity index is 2.08. The number of carbonyl (C=O) groups is 2. The summed E-state index contributed by atoms with van der Waals surface area (Å²) >= 11 is 0. The third-order valence-corrected chi connectivity index (χ3v) is 4.98. The highest BCUT2D eigenvalue weighted by molar-refractivity contribution is 5.96. The number of rotatable bonds is 6. The maximum atomic E-state index is 14.3. The third kappa shape index (κ3) is 3.43. The number of carboxylic acids is 1. The van der Waals surface area contributed by atoms with Crippen molar-refractivity contribution < 1.29 is 23.5 Å². The van der Waals surface area contributed by atoms with Crippen molar-refractivity contribution in [2.24, 2.45) is 0 Å². The van der Waals surface area contributed by atoms with Crippen LogP contribution in [0.3, 0.4) is 0 Å². The molecule has 27 heavy (non-hydrogen) atoms. The number of aliphatic carboxylic acids is 1. The quantitative estimate of drug-likeness (QED) is 0.840. The lowest BCUT2D eigenvalue weighted by molar-refractivity contribution is -0.138. The molecule has 0 fully saturated rings. The van der Waals surface area contributed by atoms with Gasteiger partial charge in [0.1, 0.15) is 12.2 Å². The van der Waals surface area contributed by atoms with E-state index in [-0.39, 0.29) is 17.4 Å². The van der Waals surface area contributed by atoms with Crippen molar-refractivity contribution in [3.8, 4) is 5.69 Å². The van der Waals surface area contributed by atoms with Crippen LogP contribution in [0.15, 0.2) is 18.2 Å². The summed E-state index contributed by atoms with van der Waals surface area (Å²) in [5.74, 6) is -3.64. The molecule has 0 saturated carbocycles. The largest absolute Gasteiger partial charge is 0.480 e. The SMILES string of the molecule is CCC(C)N(CC(=O)O)C(=O)c1nn(-c2cccc(F)c2F)c2c1CCC2. The van der Waals surface area contributed by atoms with Gasteiger partial charge in [0.05, 0.1) is 0 Å². The van der Waals surface area contributed by atoms with Gasteiger partial charge in [-0.25, -0.2) is 13.5 Å². The van der Waals surface area contributed by atoms with E-state index in [0.29, 0.717) is 30.5 Å². The number of benzene rings is 1. The van der Waals surface area contributed by atoms with Gasteiger partial charge in [-0.15, -0.1) is 0 Å². The molecule has 3 rings (SSSR count). The van der Waals surface area contributed by atoms with E-state index >= 15 is 0 Å². The highest BCUT2D eigenvalue weighted by atomic mass is 19.2. The minimum atomic E-state index is -1.11. The van der Waals surface area contributed by atoms with E-state index in [1.54, 1.807) is 6.92 Å². The molecule has 1 amide bonds. The van der Waals surface area contributed by atoms with Crippen LogP contribution in [0.1, 0.15) is 48.4 Å². The molecule has 1 N–H and O–H groups in total. The molecule has 1 aliphatic rings. The van der Waals surface area contributed by atoms with Crippen molar-refractivity contribution in [2.45, 2.75) is 45.6 Å². The molecule has 0 bridgehead atoms. The van der Waals surface area contributed by atoms with E-state index in [4.69, 9.17) is 5.11 Å². The number of hydrogen-bond acceptors (Lipinski definition) is 3. The Labute approximate surface area is 155 Å². The second-order valence-corrected chi connectivity index (χ2v) is 6.70. The van der Waals surface area contributed by atoms with Crippen LogP contribution in [0.4, 0.5) is 8.78 Å². The first kappa shape index (κ1) is 19.0. The fourth-order valence-corrected chi connectivity index (χ4v) is 3.39. The van der Waals surface area contributed by atoms with Gasteiger partial charge in [-0.1, -0.05) is 13.0 Å². The molecular formula is C19H21F2N3O3. The van der Waals surface area contributed by atoms with Crippen LogP contribution in [-0.2, 0) is 17.6 Å². The molecule has 6 nitrogen and oxygen atoms in total. The topological polar surface area (TPSA) is 75.4 Å². The molecule has 1 aliphatic carbocycles. The fraction of sp³-hybridized carbons (Fsp3) is 0.421. The summed E-state index contributed by atoms with van der Waals surface area (Å²) in [5, 5.41) is 13.4. The van der Waals surface area contributed by atoms with E-state index in [2.05, 4.69) is 5.10 Å². The third-order valence-electron chi connectivity index (χ3n) is 4.98. The molecule has 1 unspecified atom stereocenters. The number of halogens is 2. The van der Waals surface area contributed by atoms with Gasteiger partial charge in [0.25, 0.3) is 5.91 Å². The summed E-state index contributed by atoms with van der Waals surface area (Å²) in [7, 11) is 0. The van der Waals surface area contributed by atoms with Crippen molar-refractivity contribution in [2.75, 3.05) is 6.54 Å². The summed E-state index contributed by atoms with van der Waals surface area (Å²) in [6, 6.07) is 3.52. The van der Waals surface area contributed by atoms with Crippen LogP contribution < -0.4 is 0 Å². The van der Waals surface area contributed by atoms with Crippen molar-refractivity contribution in [3.63, 3.8) is 0 Å². The first-order chi connectivity index (χ1) is 12.8. The number of nitrogens with zero attached hydrogens (tertiary/aromatic N) is 3. The average molecular weight is 377 g/mol. The Bertz CT molecular complexity index is 895. The second-order valence-electron chi connectivity index (χ2n) is 6.70. The van der Waals surface area contributed by atoms with Gasteiger partial charge in [-0.05, 0) is 44.7 Å². The number of aromatic nitrogens is 2. The van der Waals surface area contributed by atoms with E-state index in [9.17, 15) is 18.4 Å². The monoisotopic (exact) mass is 377 g/mol. The first-order valence-electron chi connectivity index (χ1n) is 8.93. The molecule has 1 aromatic carbocycles. The van der Waals surface area contributed by atoms with E-state index in [0.717, 1.165) is 12.5 Å². The van der Waals surface area contributed by atoms with Crippen molar-refractivity contribution in [1.82, 2.24) is 14.7 Å². The highest BCUT2D eigenvalue weighted by Crippen LogP contribution is 2.30. The molecule has 1 aromatic heterocycles. The molecule has 0 saturated heterocycles. The Hall–Kier alpha value is -2.77. The number of carboxylic acid groups (broad SMARTS) is 1. The average Bonchev–Trinajstić information content (AvgIpc) is 3.23. The number of fused-ring (bicyclic) bond motifs is 1. The van der Waals surface area contributed by atoms with Gasteiger partial charge in [0.15, 0.2) is 17.3 Å². The lowest BCUT2D eigenvalue weighted by atomic mass is 10.1. The van der Waals surface area contributed by atoms with Gasteiger partial charge >= 0.3 is 5.97 Å². The minimum Gasteiger partial charge on any atom is -0.480 e. The molecule has 8 heteroatoms. The number of carbonyl (C=O) groups excluding carboxylic acids is 1. The number of hydrogen-bond donors (Lipinski definition) is 1. The summed E-state index contributed by atoms with van der Waals surface area (Å²) in [6.45, 7) is 3.19. The fourth-order valence-electron chi connectivity index (χ4n) is 3.39. The molecule has 1 heterocycles. The van der Waals surface area contributed by atoms with Gasteiger partial charge in [-0.2, -0.15) is 5.10 Å². The standard InChI is InChI=1S/C19H21F2N3O3/c1-3-11(2)23(10-16(25)26)19(27)18-12-6-4-8-14(12)24(22-18)15-9-5-7-13(20)17(15)21/h5,7,9,11H,3-4,6,8,10H2,1-2H3,(H,25,26). The Morgan fingerprint density at radius 2 is 2.07 bits per heavy atom. The molecule has 1 atom stereocenters. The lowest BCUT2D eigenvalue weighted by Gasteiger charge is -2.26. The van der Waals surface area contributed by atoms with Crippen LogP contribution in [0.25, 0.3) is 5.69 Å². The summed E-state index contributed by atoms with van der Waals surface area (Å²) in [4.78, 5) is 25.5. The summed E-state index contributed by atoms with van der Waals surface area (Å²) in [5.41, 5.74) is 1.41. The summed E-state index contributed by atoms with van der Waals surface area (Å²) in [6.07, 6.45) is 2.54. The Morgan fingerprint density at radius 3 is 2.74 bits per heavy atom. The van der Waals surface area contributed by atoms with Crippen LogP contribution in [0, 0.1) is 11.6 Å².